The summed E-state index contributed by atoms with van der Waals surface area (Å²) in [5.74, 6) is 13.6. The molecule has 0 aliphatic rings. The van der Waals surface area contributed by atoms with Gasteiger partial charge in [0.25, 0.3) is 0 Å². The number of rotatable bonds is 20. The second kappa shape index (κ2) is 24.4. The largest absolute Gasteiger partial charge is 0.494 e. The summed E-state index contributed by atoms with van der Waals surface area (Å²) >= 11 is 1.17. The Hall–Kier alpha value is -5.96. The van der Waals surface area contributed by atoms with Gasteiger partial charge in [0.2, 0.25) is 5.12 Å². The lowest BCUT2D eigenvalue weighted by Crippen LogP contribution is -2.02. The molecule has 7 nitrogen and oxygen atoms in total. The maximum atomic E-state index is 12.9. The van der Waals surface area contributed by atoms with E-state index >= 15 is 0 Å². The fourth-order valence-corrected chi connectivity index (χ4v) is 5.72. The molecule has 0 amide bonds. The molecule has 0 aromatic heterocycles. The molecular weight excluding hydrogens is 709 g/mol. The number of unbranched alkanes of at least 4 members (excludes halogenated alkanes) is 6. The van der Waals surface area contributed by atoms with E-state index in [1.807, 2.05) is 84.9 Å². The van der Waals surface area contributed by atoms with Gasteiger partial charge in [-0.25, -0.2) is 9.59 Å². The van der Waals surface area contributed by atoms with E-state index in [9.17, 15) is 14.4 Å². The van der Waals surface area contributed by atoms with E-state index in [1.165, 1.54) is 23.9 Å². The van der Waals surface area contributed by atoms with Crippen LogP contribution >= 0.6 is 11.8 Å². The summed E-state index contributed by atoms with van der Waals surface area (Å²) in [7, 11) is 0. The molecule has 0 atom stereocenters. The zero-order valence-corrected chi connectivity index (χ0v) is 31.9. The molecule has 0 saturated heterocycles. The van der Waals surface area contributed by atoms with Crippen molar-refractivity contribution in [2.24, 2.45) is 0 Å². The maximum Gasteiger partial charge on any atom is 0.330 e. The maximum absolute atomic E-state index is 12.9. The van der Waals surface area contributed by atoms with Gasteiger partial charge < -0.3 is 18.9 Å². The highest BCUT2D eigenvalue weighted by molar-refractivity contribution is 8.14. The van der Waals surface area contributed by atoms with Crippen LogP contribution in [-0.4, -0.2) is 43.5 Å². The lowest BCUT2D eigenvalue weighted by molar-refractivity contribution is -0.138. The van der Waals surface area contributed by atoms with Gasteiger partial charge in [0, 0.05) is 44.9 Å². The van der Waals surface area contributed by atoms with E-state index in [0.717, 1.165) is 90.0 Å². The number of esters is 2. The normalized spacial score (nSPS) is 10.1. The average Bonchev–Trinajstić information content (AvgIpc) is 3.22. The van der Waals surface area contributed by atoms with Crippen LogP contribution in [0.15, 0.2) is 127 Å². The quantitative estimate of drug-likeness (QED) is 0.0290. The first-order valence-electron chi connectivity index (χ1n) is 18.4. The number of carbonyl (C=O) groups excluding carboxylic acids is 3. The van der Waals surface area contributed by atoms with Gasteiger partial charge in [-0.15, -0.1) is 0 Å². The number of ether oxygens (including phenoxy) is 4. The highest BCUT2D eigenvalue weighted by Gasteiger charge is 2.09. The lowest BCUT2D eigenvalue weighted by Gasteiger charge is -2.07. The van der Waals surface area contributed by atoms with Gasteiger partial charge in [-0.2, -0.15) is 0 Å². The summed E-state index contributed by atoms with van der Waals surface area (Å²) in [5, 5.41) is -0.0433. The highest BCUT2D eigenvalue weighted by Crippen LogP contribution is 2.25. The summed E-state index contributed by atoms with van der Waals surface area (Å²) < 4.78 is 21.6. The van der Waals surface area contributed by atoms with Crippen LogP contribution in [0, 0.1) is 23.7 Å². The van der Waals surface area contributed by atoms with Crippen LogP contribution in [0.3, 0.4) is 0 Å². The Morgan fingerprint density at radius 2 is 0.818 bits per heavy atom. The molecule has 4 aromatic rings. The highest BCUT2D eigenvalue weighted by atomic mass is 32.2. The van der Waals surface area contributed by atoms with Gasteiger partial charge in [-0.3, -0.25) is 4.79 Å². The zero-order chi connectivity index (χ0) is 38.9. The molecule has 8 heteroatoms. The standard InChI is InChI=1S/C47H46O7S/c1-3-45(48)53-35-11-7-5-9-33-51-42-27-23-40(24-28-42)20-18-38-15-13-37(14-16-38)17-19-39-21-25-41(26-22-39)47(50)55-44-31-29-43(30-32-44)52-34-10-6-8-12-36-54-46(49)4-2/h3-4,13-16,21-32H,1-2,5-12,33-36H2. The monoisotopic (exact) mass is 754 g/mol. The van der Waals surface area contributed by atoms with Gasteiger partial charge in [0.05, 0.1) is 26.4 Å². The third kappa shape index (κ3) is 16.7. The molecule has 4 rings (SSSR count). The first-order chi connectivity index (χ1) is 26.9. The molecule has 4 aromatic carbocycles. The van der Waals surface area contributed by atoms with Crippen molar-refractivity contribution in [3.05, 3.63) is 150 Å². The van der Waals surface area contributed by atoms with E-state index in [2.05, 4.69) is 36.8 Å². The molecule has 55 heavy (non-hydrogen) atoms. The molecule has 0 bridgehead atoms. The Labute approximate surface area is 329 Å². The average molecular weight is 755 g/mol. The van der Waals surface area contributed by atoms with Crippen LogP contribution in [0.25, 0.3) is 0 Å². The molecule has 0 unspecified atom stereocenters. The van der Waals surface area contributed by atoms with Crippen LogP contribution < -0.4 is 9.47 Å². The minimum atomic E-state index is -0.386. The van der Waals surface area contributed by atoms with Crippen molar-refractivity contribution < 1.29 is 33.3 Å². The Morgan fingerprint density at radius 3 is 1.22 bits per heavy atom. The van der Waals surface area contributed by atoms with Crippen molar-refractivity contribution in [1.29, 1.82) is 0 Å². The van der Waals surface area contributed by atoms with Gasteiger partial charge in [-0.05, 0) is 160 Å². The molecular formula is C47H46O7S. The molecule has 0 heterocycles. The third-order valence-electron chi connectivity index (χ3n) is 8.03. The van der Waals surface area contributed by atoms with Crippen molar-refractivity contribution in [3.8, 4) is 35.2 Å². The predicted octanol–water partition coefficient (Wildman–Crippen LogP) is 9.76. The predicted molar refractivity (Wildman–Crippen MR) is 218 cm³/mol. The van der Waals surface area contributed by atoms with Crippen molar-refractivity contribution in [3.63, 3.8) is 0 Å². The summed E-state index contributed by atoms with van der Waals surface area (Å²) in [5.41, 5.74) is 4.08. The number of carbonyl (C=O) groups is 3. The molecule has 0 saturated carbocycles. The Bertz CT molecular complexity index is 1960. The van der Waals surface area contributed by atoms with Crippen LogP contribution in [0.1, 0.15) is 84.0 Å². The van der Waals surface area contributed by atoms with Crippen LogP contribution in [0.4, 0.5) is 0 Å². The second-order valence-electron chi connectivity index (χ2n) is 12.3. The number of thioether (sulfide) groups is 1. The van der Waals surface area contributed by atoms with Crippen molar-refractivity contribution in [1.82, 2.24) is 0 Å². The van der Waals surface area contributed by atoms with Crippen molar-refractivity contribution >= 4 is 28.8 Å². The SMILES string of the molecule is C=CC(=O)OCCCCCCOc1ccc(C#Cc2ccc(C#Cc3ccc(C(=O)Sc4ccc(OCCCCCCOC(=O)C=C)cc4)cc3)cc2)cc1. The fraction of sp³-hybridized carbons (Fsp3) is 0.255. The number of hydrogen-bond acceptors (Lipinski definition) is 8. The Kier molecular flexibility index (Phi) is 18.5. The van der Waals surface area contributed by atoms with Crippen molar-refractivity contribution in [2.75, 3.05) is 26.4 Å². The minimum absolute atomic E-state index is 0.0433. The van der Waals surface area contributed by atoms with Crippen LogP contribution in [0.5, 0.6) is 11.5 Å². The van der Waals surface area contributed by atoms with Crippen LogP contribution in [-0.2, 0) is 19.1 Å². The summed E-state index contributed by atoms with van der Waals surface area (Å²) in [6, 6.07) is 30.4. The second-order valence-corrected chi connectivity index (χ2v) is 13.4. The topological polar surface area (TPSA) is 88.1 Å². The van der Waals surface area contributed by atoms with Crippen molar-refractivity contribution in [2.45, 2.75) is 56.3 Å². The molecule has 0 aliphatic carbocycles. The molecule has 0 N–H and O–H groups in total. The fourth-order valence-electron chi connectivity index (χ4n) is 4.98. The van der Waals surface area contributed by atoms with Gasteiger partial charge >= 0.3 is 11.9 Å². The van der Waals surface area contributed by atoms with Crippen LogP contribution in [0.2, 0.25) is 0 Å². The first kappa shape index (κ1) is 41.8. The number of hydrogen-bond donors (Lipinski definition) is 0. The minimum Gasteiger partial charge on any atom is -0.494 e. The van der Waals surface area contributed by atoms with Gasteiger partial charge in [0.15, 0.2) is 0 Å². The van der Waals surface area contributed by atoms with E-state index in [1.54, 1.807) is 12.1 Å². The lowest BCUT2D eigenvalue weighted by atomic mass is 10.1. The Morgan fingerprint density at radius 1 is 0.473 bits per heavy atom. The third-order valence-corrected chi connectivity index (χ3v) is 8.96. The molecule has 0 spiro atoms. The van der Waals surface area contributed by atoms with E-state index in [-0.39, 0.29) is 17.1 Å². The first-order valence-corrected chi connectivity index (χ1v) is 19.2. The summed E-state index contributed by atoms with van der Waals surface area (Å²) in [4.78, 5) is 35.8. The number of benzene rings is 4. The smallest absolute Gasteiger partial charge is 0.330 e. The summed E-state index contributed by atoms with van der Waals surface area (Å²) in [6.45, 7) is 8.83. The Balaban J connectivity index is 1.13. The van der Waals surface area contributed by atoms with E-state index in [0.29, 0.717) is 32.0 Å². The van der Waals surface area contributed by atoms with Gasteiger partial charge in [-0.1, -0.05) is 36.8 Å². The van der Waals surface area contributed by atoms with E-state index in [4.69, 9.17) is 18.9 Å². The molecule has 0 radical (unpaired) electrons. The summed E-state index contributed by atoms with van der Waals surface area (Å²) in [6.07, 6.45) is 9.78. The molecule has 0 fully saturated rings. The molecule has 282 valence electrons. The van der Waals surface area contributed by atoms with E-state index < -0.39 is 0 Å². The molecule has 0 aliphatic heterocycles. The zero-order valence-electron chi connectivity index (χ0n) is 31.1. The van der Waals surface area contributed by atoms with Gasteiger partial charge in [0.1, 0.15) is 11.5 Å².